The molecule has 0 atom stereocenters. The number of esters is 1. The Morgan fingerprint density at radius 2 is 1.77 bits per heavy atom. The second kappa shape index (κ2) is 6.30. The van der Waals surface area contributed by atoms with Crippen LogP contribution >= 0.6 is 0 Å². The maximum absolute atomic E-state index is 12.2. The highest BCUT2D eigenvalue weighted by Gasteiger charge is 2.27. The standard InChI is InChI=1S/C17H15NO4/c19-16-10-11-18(16)22-15-9-5-4-8-14(15)17(20)21-12-13-6-2-1-3-7-13/h1-9H,10-12H2. The van der Waals surface area contributed by atoms with E-state index in [1.54, 1.807) is 24.3 Å². The molecule has 0 saturated carbocycles. The summed E-state index contributed by atoms with van der Waals surface area (Å²) in [7, 11) is 0. The Morgan fingerprint density at radius 1 is 1.05 bits per heavy atom. The van der Waals surface area contributed by atoms with E-state index in [1.807, 2.05) is 30.3 Å². The van der Waals surface area contributed by atoms with E-state index in [0.717, 1.165) is 5.56 Å². The Morgan fingerprint density at radius 3 is 2.45 bits per heavy atom. The average molecular weight is 297 g/mol. The van der Waals surface area contributed by atoms with Crippen molar-refractivity contribution in [1.82, 2.24) is 5.06 Å². The lowest BCUT2D eigenvalue weighted by atomic mass is 10.2. The minimum absolute atomic E-state index is 0.0903. The largest absolute Gasteiger partial charge is 0.457 e. The SMILES string of the molecule is O=C(OCc1ccccc1)c1ccccc1ON1CCC1=O. The number of para-hydroxylation sites is 1. The minimum atomic E-state index is -0.479. The Balaban J connectivity index is 1.68. The summed E-state index contributed by atoms with van der Waals surface area (Å²) in [6, 6.07) is 16.2. The molecule has 112 valence electrons. The first-order chi connectivity index (χ1) is 10.7. The number of rotatable bonds is 5. The fourth-order valence-electron chi connectivity index (χ4n) is 2.03. The van der Waals surface area contributed by atoms with Crippen molar-refractivity contribution < 1.29 is 19.2 Å². The van der Waals surface area contributed by atoms with Crippen LogP contribution in [0.15, 0.2) is 54.6 Å². The van der Waals surface area contributed by atoms with Gasteiger partial charge in [-0.3, -0.25) is 4.79 Å². The lowest BCUT2D eigenvalue weighted by Gasteiger charge is -2.29. The average Bonchev–Trinajstić information content (AvgIpc) is 2.57. The summed E-state index contributed by atoms with van der Waals surface area (Å²) in [6.45, 7) is 0.725. The molecule has 1 aliphatic heterocycles. The zero-order valence-electron chi connectivity index (χ0n) is 11.9. The summed E-state index contributed by atoms with van der Waals surface area (Å²) in [6.07, 6.45) is 0.473. The summed E-state index contributed by atoms with van der Waals surface area (Å²) < 4.78 is 5.29. The Hall–Kier alpha value is -2.82. The molecule has 5 nitrogen and oxygen atoms in total. The number of ether oxygens (including phenoxy) is 1. The van der Waals surface area contributed by atoms with E-state index in [2.05, 4.69) is 0 Å². The molecule has 2 aromatic carbocycles. The van der Waals surface area contributed by atoms with Gasteiger partial charge in [0.2, 0.25) is 0 Å². The van der Waals surface area contributed by atoms with Gasteiger partial charge >= 0.3 is 5.97 Å². The number of amides is 1. The summed E-state index contributed by atoms with van der Waals surface area (Å²) in [5.74, 6) is -0.242. The van der Waals surface area contributed by atoms with Gasteiger partial charge in [0.1, 0.15) is 12.2 Å². The third kappa shape index (κ3) is 3.09. The molecule has 2 aromatic rings. The molecule has 1 saturated heterocycles. The maximum Gasteiger partial charge on any atom is 0.342 e. The molecule has 0 aliphatic carbocycles. The Bertz CT molecular complexity index is 684. The van der Waals surface area contributed by atoms with Crippen LogP contribution in [-0.2, 0) is 16.1 Å². The minimum Gasteiger partial charge on any atom is -0.457 e. The van der Waals surface area contributed by atoms with Crippen molar-refractivity contribution in [3.05, 3.63) is 65.7 Å². The van der Waals surface area contributed by atoms with Crippen molar-refractivity contribution >= 4 is 11.9 Å². The van der Waals surface area contributed by atoms with E-state index in [4.69, 9.17) is 9.57 Å². The van der Waals surface area contributed by atoms with Crippen LogP contribution in [-0.4, -0.2) is 23.5 Å². The van der Waals surface area contributed by atoms with Gasteiger partial charge in [0.25, 0.3) is 5.91 Å². The molecular weight excluding hydrogens is 282 g/mol. The number of hydroxylamine groups is 2. The number of β-lactam (4-membered cyclic amide) rings is 1. The van der Waals surface area contributed by atoms with Crippen molar-refractivity contribution in [2.75, 3.05) is 6.54 Å². The van der Waals surface area contributed by atoms with Gasteiger partial charge in [-0.25, -0.2) is 4.79 Å². The molecule has 1 amide bonds. The summed E-state index contributed by atoms with van der Waals surface area (Å²) >= 11 is 0. The quantitative estimate of drug-likeness (QED) is 0.628. The Labute approximate surface area is 128 Å². The van der Waals surface area contributed by atoms with Crippen molar-refractivity contribution in [3.8, 4) is 5.75 Å². The van der Waals surface area contributed by atoms with Crippen molar-refractivity contribution in [1.29, 1.82) is 0 Å². The van der Waals surface area contributed by atoms with Crippen LogP contribution in [0.5, 0.6) is 5.75 Å². The summed E-state index contributed by atoms with van der Waals surface area (Å²) in [4.78, 5) is 29.0. The topological polar surface area (TPSA) is 55.8 Å². The summed E-state index contributed by atoms with van der Waals surface area (Å²) in [5.41, 5.74) is 1.21. The highest BCUT2D eigenvalue weighted by Crippen LogP contribution is 2.23. The predicted octanol–water partition coefficient (Wildman–Crippen LogP) is 2.57. The molecule has 1 fully saturated rings. The lowest BCUT2D eigenvalue weighted by Crippen LogP contribution is -2.45. The molecule has 22 heavy (non-hydrogen) atoms. The van der Waals surface area contributed by atoms with E-state index >= 15 is 0 Å². The van der Waals surface area contributed by atoms with E-state index in [1.165, 1.54) is 5.06 Å². The van der Waals surface area contributed by atoms with Crippen LogP contribution in [0.4, 0.5) is 0 Å². The van der Waals surface area contributed by atoms with E-state index in [9.17, 15) is 9.59 Å². The second-order valence-corrected chi connectivity index (χ2v) is 4.90. The van der Waals surface area contributed by atoms with Crippen LogP contribution < -0.4 is 4.84 Å². The fraction of sp³-hybridized carbons (Fsp3) is 0.176. The number of carbonyl (C=O) groups excluding carboxylic acids is 2. The van der Waals surface area contributed by atoms with Gasteiger partial charge in [0, 0.05) is 0 Å². The molecule has 0 spiro atoms. The molecular formula is C17H15NO4. The first-order valence-electron chi connectivity index (χ1n) is 7.02. The maximum atomic E-state index is 12.2. The number of nitrogens with zero attached hydrogens (tertiary/aromatic N) is 1. The van der Waals surface area contributed by atoms with Gasteiger partial charge in [0.05, 0.1) is 13.0 Å². The molecule has 5 heteroatoms. The molecule has 3 rings (SSSR count). The first kappa shape index (κ1) is 14.1. The summed E-state index contributed by atoms with van der Waals surface area (Å²) in [5, 5.41) is 1.24. The monoisotopic (exact) mass is 297 g/mol. The van der Waals surface area contributed by atoms with Gasteiger partial charge in [-0.05, 0) is 17.7 Å². The lowest BCUT2D eigenvalue weighted by molar-refractivity contribution is -0.174. The smallest absolute Gasteiger partial charge is 0.342 e. The first-order valence-corrected chi connectivity index (χ1v) is 7.02. The van der Waals surface area contributed by atoms with Crippen LogP contribution in [0.2, 0.25) is 0 Å². The fourth-order valence-corrected chi connectivity index (χ4v) is 2.03. The van der Waals surface area contributed by atoms with E-state index in [0.29, 0.717) is 24.3 Å². The van der Waals surface area contributed by atoms with Crippen molar-refractivity contribution in [2.45, 2.75) is 13.0 Å². The molecule has 1 heterocycles. The highest BCUT2D eigenvalue weighted by atomic mass is 16.7. The zero-order valence-corrected chi connectivity index (χ0v) is 11.9. The number of benzene rings is 2. The van der Waals surface area contributed by atoms with E-state index < -0.39 is 5.97 Å². The van der Waals surface area contributed by atoms with Gasteiger partial charge in [-0.2, -0.15) is 5.06 Å². The van der Waals surface area contributed by atoms with Gasteiger partial charge in [-0.15, -0.1) is 0 Å². The molecule has 1 aliphatic rings. The number of hydrogen-bond acceptors (Lipinski definition) is 4. The van der Waals surface area contributed by atoms with E-state index in [-0.39, 0.29) is 12.5 Å². The Kier molecular flexibility index (Phi) is 4.05. The van der Waals surface area contributed by atoms with Gasteiger partial charge < -0.3 is 9.57 Å². The third-order valence-electron chi connectivity index (χ3n) is 3.34. The molecule has 0 unspecified atom stereocenters. The third-order valence-corrected chi connectivity index (χ3v) is 3.34. The number of hydrogen-bond donors (Lipinski definition) is 0. The molecule has 0 aromatic heterocycles. The second-order valence-electron chi connectivity index (χ2n) is 4.90. The zero-order chi connectivity index (χ0) is 15.4. The van der Waals surface area contributed by atoms with Crippen LogP contribution in [0.1, 0.15) is 22.3 Å². The van der Waals surface area contributed by atoms with Crippen LogP contribution in [0.3, 0.4) is 0 Å². The van der Waals surface area contributed by atoms with Gasteiger partial charge in [0.15, 0.2) is 5.75 Å². The molecule has 0 bridgehead atoms. The molecule has 0 N–H and O–H groups in total. The number of carbonyl (C=O) groups is 2. The van der Waals surface area contributed by atoms with Gasteiger partial charge in [-0.1, -0.05) is 42.5 Å². The van der Waals surface area contributed by atoms with Crippen LogP contribution in [0, 0.1) is 0 Å². The normalized spacial score (nSPS) is 13.5. The van der Waals surface area contributed by atoms with Crippen molar-refractivity contribution in [2.24, 2.45) is 0 Å². The highest BCUT2D eigenvalue weighted by molar-refractivity contribution is 5.92. The van der Waals surface area contributed by atoms with Crippen molar-refractivity contribution in [3.63, 3.8) is 0 Å². The van der Waals surface area contributed by atoms with Crippen LogP contribution in [0.25, 0.3) is 0 Å². The molecule has 0 radical (unpaired) electrons. The predicted molar refractivity (Wildman–Crippen MR) is 79.0 cm³/mol.